The molecule has 0 saturated carbocycles. The number of sulfonamides is 1. The van der Waals surface area contributed by atoms with Gasteiger partial charge in [0.05, 0.1) is 22.5 Å². The predicted molar refractivity (Wildman–Crippen MR) is 44.7 cm³/mol. The third-order valence-electron chi connectivity index (χ3n) is 1.10. The molecule has 5 nitrogen and oxygen atoms in total. The lowest BCUT2D eigenvalue weighted by atomic mass is 11.0. The maximum atomic E-state index is 11.0. The van der Waals surface area contributed by atoms with Gasteiger partial charge in [-0.25, -0.2) is 16.9 Å². The Balaban J connectivity index is 4.05. The quantitative estimate of drug-likeness (QED) is 0.599. The summed E-state index contributed by atoms with van der Waals surface area (Å²) in [5.74, 6) is -0.177. The minimum absolute atomic E-state index is 0.0134. The molecule has 0 amide bonds. The first-order valence-corrected chi connectivity index (χ1v) is 5.88. The van der Waals surface area contributed by atoms with Crippen molar-refractivity contribution in [2.24, 2.45) is 5.14 Å². The molecule has 0 saturated heterocycles. The van der Waals surface area contributed by atoms with Crippen molar-refractivity contribution in [1.29, 1.82) is 0 Å². The van der Waals surface area contributed by atoms with E-state index in [2.05, 4.69) is 0 Å². The molecule has 68 valence electrons. The first-order chi connectivity index (χ1) is 4.86. The fraction of sp³-hybridized carbons (Fsp3) is 1.00. The SMILES string of the molecule is CN(C)S(=O)(=O)CCS(N)=O. The molecule has 2 N–H and O–H groups in total. The van der Waals surface area contributed by atoms with E-state index < -0.39 is 21.0 Å². The molecule has 0 aromatic rings. The van der Waals surface area contributed by atoms with E-state index in [0.29, 0.717) is 0 Å². The van der Waals surface area contributed by atoms with E-state index in [1.54, 1.807) is 0 Å². The Kier molecular flexibility index (Phi) is 4.16. The smallest absolute Gasteiger partial charge is 0.214 e. The monoisotopic (exact) mass is 200 g/mol. The van der Waals surface area contributed by atoms with Gasteiger partial charge in [-0.05, 0) is 0 Å². The molecule has 0 aliphatic heterocycles. The second kappa shape index (κ2) is 4.15. The van der Waals surface area contributed by atoms with E-state index in [9.17, 15) is 12.6 Å². The minimum Gasteiger partial charge on any atom is -0.252 e. The van der Waals surface area contributed by atoms with Crippen LogP contribution in [-0.4, -0.2) is 42.5 Å². The van der Waals surface area contributed by atoms with Gasteiger partial charge in [-0.2, -0.15) is 0 Å². The third kappa shape index (κ3) is 4.46. The van der Waals surface area contributed by atoms with E-state index in [4.69, 9.17) is 5.14 Å². The lowest BCUT2D eigenvalue weighted by Gasteiger charge is -2.09. The molecule has 0 aliphatic rings. The normalized spacial score (nSPS) is 15.3. The predicted octanol–water partition coefficient (Wildman–Crippen LogP) is -1.50. The number of nitrogens with two attached hydrogens (primary N) is 1. The Hall–Kier alpha value is 0.0200. The number of hydrogen-bond donors (Lipinski definition) is 1. The van der Waals surface area contributed by atoms with Crippen molar-refractivity contribution in [3.63, 3.8) is 0 Å². The van der Waals surface area contributed by atoms with Crippen LogP contribution in [0.15, 0.2) is 0 Å². The molecule has 0 radical (unpaired) electrons. The fourth-order valence-electron chi connectivity index (χ4n) is 0.370. The summed E-state index contributed by atoms with van der Waals surface area (Å²) >= 11 is 0. The summed E-state index contributed by atoms with van der Waals surface area (Å²) in [5, 5.41) is 4.89. The van der Waals surface area contributed by atoms with Crippen LogP contribution in [0.1, 0.15) is 0 Å². The Morgan fingerprint density at radius 2 is 1.91 bits per heavy atom. The van der Waals surface area contributed by atoms with Gasteiger partial charge in [0.25, 0.3) is 0 Å². The summed E-state index contributed by atoms with van der Waals surface area (Å²) in [6, 6.07) is 0. The van der Waals surface area contributed by atoms with Crippen LogP contribution in [0.25, 0.3) is 0 Å². The maximum absolute atomic E-state index is 11.0. The summed E-state index contributed by atoms with van der Waals surface area (Å²) < 4.78 is 33.3. The van der Waals surface area contributed by atoms with Crippen LogP contribution < -0.4 is 5.14 Å². The van der Waals surface area contributed by atoms with E-state index in [1.165, 1.54) is 14.1 Å². The maximum Gasteiger partial charge on any atom is 0.214 e. The minimum atomic E-state index is -3.23. The van der Waals surface area contributed by atoms with Gasteiger partial charge in [-0.1, -0.05) is 0 Å². The molecule has 0 heterocycles. The summed E-state index contributed by atoms with van der Waals surface area (Å²) in [5.41, 5.74) is 0. The Labute approximate surface area is 69.2 Å². The van der Waals surface area contributed by atoms with Crippen molar-refractivity contribution in [2.75, 3.05) is 25.6 Å². The van der Waals surface area contributed by atoms with Crippen LogP contribution in [0.2, 0.25) is 0 Å². The second-order valence-electron chi connectivity index (χ2n) is 2.18. The summed E-state index contributed by atoms with van der Waals surface area (Å²) in [6.07, 6.45) is 0. The van der Waals surface area contributed by atoms with Crippen LogP contribution in [0.5, 0.6) is 0 Å². The average molecular weight is 200 g/mol. The van der Waals surface area contributed by atoms with Crippen LogP contribution in [-0.2, 0) is 21.0 Å². The Morgan fingerprint density at radius 1 is 1.45 bits per heavy atom. The molecule has 7 heteroatoms. The number of hydrogen-bond acceptors (Lipinski definition) is 3. The highest BCUT2D eigenvalue weighted by atomic mass is 32.2. The van der Waals surface area contributed by atoms with Crippen molar-refractivity contribution in [1.82, 2.24) is 4.31 Å². The highest BCUT2D eigenvalue weighted by Gasteiger charge is 2.13. The molecule has 11 heavy (non-hydrogen) atoms. The highest BCUT2D eigenvalue weighted by molar-refractivity contribution is 7.90. The van der Waals surface area contributed by atoms with Crippen molar-refractivity contribution in [3.05, 3.63) is 0 Å². The van der Waals surface area contributed by atoms with E-state index >= 15 is 0 Å². The number of rotatable bonds is 4. The van der Waals surface area contributed by atoms with E-state index in [-0.39, 0.29) is 11.5 Å². The zero-order valence-corrected chi connectivity index (χ0v) is 8.11. The average Bonchev–Trinajstić information content (AvgIpc) is 1.84. The van der Waals surface area contributed by atoms with Crippen LogP contribution in [0.4, 0.5) is 0 Å². The van der Waals surface area contributed by atoms with Gasteiger partial charge in [0, 0.05) is 14.1 Å². The Morgan fingerprint density at radius 3 is 2.18 bits per heavy atom. The van der Waals surface area contributed by atoms with Crippen LogP contribution >= 0.6 is 0 Å². The van der Waals surface area contributed by atoms with E-state index in [0.717, 1.165) is 4.31 Å². The molecule has 0 rings (SSSR count). The van der Waals surface area contributed by atoms with Gasteiger partial charge in [-0.3, -0.25) is 5.14 Å². The molecule has 0 aromatic carbocycles. The molecule has 0 aliphatic carbocycles. The first kappa shape index (κ1) is 11.0. The lowest BCUT2D eigenvalue weighted by molar-refractivity contribution is 0.522. The summed E-state index contributed by atoms with van der Waals surface area (Å²) in [7, 11) is -1.92. The van der Waals surface area contributed by atoms with E-state index in [1.807, 2.05) is 0 Å². The molecule has 1 unspecified atom stereocenters. The van der Waals surface area contributed by atoms with Crippen molar-refractivity contribution >= 4 is 21.0 Å². The zero-order valence-electron chi connectivity index (χ0n) is 6.48. The van der Waals surface area contributed by atoms with Gasteiger partial charge < -0.3 is 0 Å². The summed E-state index contributed by atoms with van der Waals surface area (Å²) in [4.78, 5) is 0. The van der Waals surface area contributed by atoms with Gasteiger partial charge in [0.1, 0.15) is 0 Å². The summed E-state index contributed by atoms with van der Waals surface area (Å²) in [6.45, 7) is 0. The van der Waals surface area contributed by atoms with Gasteiger partial charge in [0.15, 0.2) is 0 Å². The zero-order chi connectivity index (χ0) is 9.07. The third-order valence-corrected chi connectivity index (χ3v) is 3.80. The van der Waals surface area contributed by atoms with Gasteiger partial charge >= 0.3 is 0 Å². The fourth-order valence-corrected chi connectivity index (χ4v) is 2.23. The van der Waals surface area contributed by atoms with Crippen LogP contribution in [0.3, 0.4) is 0 Å². The molecule has 0 fully saturated rings. The van der Waals surface area contributed by atoms with Gasteiger partial charge in [0.2, 0.25) is 10.0 Å². The second-order valence-corrected chi connectivity index (χ2v) is 5.66. The molecule has 0 bridgehead atoms. The molecular weight excluding hydrogens is 188 g/mol. The van der Waals surface area contributed by atoms with Crippen molar-refractivity contribution in [2.45, 2.75) is 0 Å². The largest absolute Gasteiger partial charge is 0.252 e. The highest BCUT2D eigenvalue weighted by Crippen LogP contribution is 1.93. The van der Waals surface area contributed by atoms with Gasteiger partial charge in [-0.15, -0.1) is 0 Å². The topological polar surface area (TPSA) is 80.5 Å². The van der Waals surface area contributed by atoms with Crippen molar-refractivity contribution < 1.29 is 12.6 Å². The molecule has 0 aromatic heterocycles. The standard InChI is InChI=1S/C4H12N2O3S2/c1-6(2)11(8,9)4-3-10(5)7/h3-5H2,1-2H3. The van der Waals surface area contributed by atoms with Crippen LogP contribution in [0, 0.1) is 0 Å². The number of nitrogens with zero attached hydrogens (tertiary/aromatic N) is 1. The Bertz CT molecular complexity index is 234. The van der Waals surface area contributed by atoms with Crippen molar-refractivity contribution in [3.8, 4) is 0 Å². The lowest BCUT2D eigenvalue weighted by Crippen LogP contribution is -2.28. The first-order valence-electron chi connectivity index (χ1n) is 2.89. The molecular formula is C4H12N2O3S2. The molecule has 1 atom stereocenters. The molecule has 0 spiro atoms.